The molecule has 4 nitrogen and oxygen atoms in total. The lowest BCUT2D eigenvalue weighted by atomic mass is 10.3. The number of amides is 2. The third kappa shape index (κ3) is 4.10. The molecule has 0 fully saturated rings. The summed E-state index contributed by atoms with van der Waals surface area (Å²) < 4.78 is 15.7. The highest BCUT2D eigenvalue weighted by Gasteiger charge is 2.16. The van der Waals surface area contributed by atoms with E-state index in [0.717, 1.165) is 18.5 Å². The number of hydrogen-bond acceptors (Lipinski definition) is 1. The average Bonchev–Trinajstić information content (AvgIpc) is 2.91. The molecule has 0 radical (unpaired) electrons. The molecule has 2 rings (SSSR count). The number of urea groups is 1. The molecule has 1 aromatic carbocycles. The summed E-state index contributed by atoms with van der Waals surface area (Å²) in [6.07, 6.45) is 3.85. The van der Waals surface area contributed by atoms with E-state index < -0.39 is 5.82 Å². The van der Waals surface area contributed by atoms with Gasteiger partial charge in [0.05, 0.1) is 12.2 Å². The molecule has 118 valence electrons. The predicted molar refractivity (Wildman–Crippen MR) is 86.1 cm³/mol. The number of carbonyl (C=O) groups is 1. The van der Waals surface area contributed by atoms with Gasteiger partial charge in [-0.3, -0.25) is 0 Å². The summed E-state index contributed by atoms with van der Waals surface area (Å²) in [4.78, 5) is 14.2. The van der Waals surface area contributed by atoms with Gasteiger partial charge >= 0.3 is 6.03 Å². The molecule has 1 N–H and O–H groups in total. The second-order valence-corrected chi connectivity index (χ2v) is 5.30. The standard InChI is InChI=1S/C17H22FN3O/c1-3-4-12-21(13-14-8-7-11-20(14)2)17(22)19-16-10-6-5-9-15(16)18/h5-11H,3-4,12-13H2,1-2H3,(H,19,22). The first kappa shape index (κ1) is 16.1. The Balaban J connectivity index is 2.09. The van der Waals surface area contributed by atoms with Crippen molar-refractivity contribution in [3.8, 4) is 0 Å². The minimum atomic E-state index is -0.426. The molecule has 1 heterocycles. The zero-order valence-corrected chi connectivity index (χ0v) is 13.1. The highest BCUT2D eigenvalue weighted by atomic mass is 19.1. The van der Waals surface area contributed by atoms with Crippen LogP contribution in [0.3, 0.4) is 0 Å². The Hall–Kier alpha value is -2.30. The summed E-state index contributed by atoms with van der Waals surface area (Å²) in [6.45, 7) is 3.22. The Morgan fingerprint density at radius 1 is 1.27 bits per heavy atom. The van der Waals surface area contributed by atoms with E-state index in [-0.39, 0.29) is 11.7 Å². The highest BCUT2D eigenvalue weighted by molar-refractivity contribution is 5.89. The fourth-order valence-electron chi connectivity index (χ4n) is 2.21. The SMILES string of the molecule is CCCCN(Cc1cccn1C)C(=O)Nc1ccccc1F. The topological polar surface area (TPSA) is 37.3 Å². The molecular weight excluding hydrogens is 281 g/mol. The Bertz CT molecular complexity index is 624. The van der Waals surface area contributed by atoms with Crippen LogP contribution in [0, 0.1) is 5.82 Å². The third-order valence-corrected chi connectivity index (χ3v) is 3.59. The number of anilines is 1. The molecule has 0 atom stereocenters. The van der Waals surface area contributed by atoms with Gasteiger partial charge < -0.3 is 14.8 Å². The van der Waals surface area contributed by atoms with Gasteiger partial charge in [-0.1, -0.05) is 25.5 Å². The molecule has 0 aliphatic heterocycles. The minimum absolute atomic E-state index is 0.209. The zero-order valence-electron chi connectivity index (χ0n) is 13.1. The summed E-state index contributed by atoms with van der Waals surface area (Å²) in [5.74, 6) is -0.426. The molecule has 5 heteroatoms. The lowest BCUT2D eigenvalue weighted by molar-refractivity contribution is 0.207. The summed E-state index contributed by atoms with van der Waals surface area (Å²) >= 11 is 0. The van der Waals surface area contributed by atoms with Crippen molar-refractivity contribution in [2.24, 2.45) is 7.05 Å². The van der Waals surface area contributed by atoms with Crippen LogP contribution in [-0.2, 0) is 13.6 Å². The molecule has 2 aromatic rings. The molecule has 0 spiro atoms. The molecule has 0 aliphatic carbocycles. The van der Waals surface area contributed by atoms with Gasteiger partial charge in [0.25, 0.3) is 0 Å². The molecule has 22 heavy (non-hydrogen) atoms. The van der Waals surface area contributed by atoms with Crippen molar-refractivity contribution in [3.05, 3.63) is 54.1 Å². The lowest BCUT2D eigenvalue weighted by Gasteiger charge is -2.23. The second kappa shape index (κ2) is 7.64. The van der Waals surface area contributed by atoms with E-state index in [2.05, 4.69) is 12.2 Å². The average molecular weight is 303 g/mol. The van der Waals surface area contributed by atoms with E-state index in [9.17, 15) is 9.18 Å². The van der Waals surface area contributed by atoms with Crippen LogP contribution >= 0.6 is 0 Å². The predicted octanol–water partition coefficient (Wildman–Crippen LogP) is 4.00. The van der Waals surface area contributed by atoms with Crippen LogP contribution in [0.2, 0.25) is 0 Å². The van der Waals surface area contributed by atoms with Gasteiger partial charge in [0.15, 0.2) is 0 Å². The Morgan fingerprint density at radius 3 is 2.68 bits per heavy atom. The van der Waals surface area contributed by atoms with Crippen LogP contribution in [0.25, 0.3) is 0 Å². The monoisotopic (exact) mass is 303 g/mol. The van der Waals surface area contributed by atoms with Crippen molar-refractivity contribution in [2.45, 2.75) is 26.3 Å². The number of unbranched alkanes of at least 4 members (excludes halogenated alkanes) is 1. The highest BCUT2D eigenvalue weighted by Crippen LogP contribution is 2.14. The lowest BCUT2D eigenvalue weighted by Crippen LogP contribution is -2.36. The minimum Gasteiger partial charge on any atom is -0.353 e. The van der Waals surface area contributed by atoms with Gasteiger partial charge in [-0.25, -0.2) is 9.18 Å². The van der Waals surface area contributed by atoms with Crippen LogP contribution in [-0.4, -0.2) is 22.0 Å². The maximum absolute atomic E-state index is 13.7. The molecule has 2 amide bonds. The maximum Gasteiger partial charge on any atom is 0.322 e. The number of rotatable bonds is 6. The first-order chi connectivity index (χ1) is 10.6. The quantitative estimate of drug-likeness (QED) is 0.860. The number of carbonyl (C=O) groups excluding carboxylic acids is 1. The maximum atomic E-state index is 13.7. The molecule has 0 saturated carbocycles. The number of hydrogen-bond donors (Lipinski definition) is 1. The molecule has 0 saturated heterocycles. The van der Waals surface area contributed by atoms with Crippen molar-refractivity contribution in [3.63, 3.8) is 0 Å². The number of aromatic nitrogens is 1. The van der Waals surface area contributed by atoms with E-state index in [0.29, 0.717) is 13.1 Å². The molecule has 0 bridgehead atoms. The van der Waals surface area contributed by atoms with Crippen LogP contribution in [0.5, 0.6) is 0 Å². The van der Waals surface area contributed by atoms with Crippen molar-refractivity contribution in [1.82, 2.24) is 9.47 Å². The van der Waals surface area contributed by atoms with Gasteiger partial charge in [-0.05, 0) is 30.7 Å². The summed E-state index contributed by atoms with van der Waals surface area (Å²) in [7, 11) is 1.95. The number of halogens is 1. The number of benzene rings is 1. The molecule has 0 aliphatic rings. The van der Waals surface area contributed by atoms with Crippen LogP contribution in [0.1, 0.15) is 25.5 Å². The number of nitrogens with zero attached hydrogens (tertiary/aromatic N) is 2. The zero-order chi connectivity index (χ0) is 15.9. The summed E-state index contributed by atoms with van der Waals surface area (Å²) in [5.41, 5.74) is 1.25. The van der Waals surface area contributed by atoms with E-state index >= 15 is 0 Å². The van der Waals surface area contributed by atoms with Crippen molar-refractivity contribution < 1.29 is 9.18 Å². The normalized spacial score (nSPS) is 10.5. The largest absolute Gasteiger partial charge is 0.353 e. The third-order valence-electron chi connectivity index (χ3n) is 3.59. The van der Waals surface area contributed by atoms with Gasteiger partial charge in [0.2, 0.25) is 0 Å². The van der Waals surface area contributed by atoms with Crippen LogP contribution in [0.4, 0.5) is 14.9 Å². The van der Waals surface area contributed by atoms with Crippen molar-refractivity contribution >= 4 is 11.7 Å². The summed E-state index contributed by atoms with van der Waals surface area (Å²) in [6, 6.07) is 9.85. The fraction of sp³-hybridized carbons (Fsp3) is 0.353. The van der Waals surface area contributed by atoms with Gasteiger partial charge in [-0.15, -0.1) is 0 Å². The van der Waals surface area contributed by atoms with E-state index in [1.807, 2.05) is 29.9 Å². The number of aryl methyl sites for hydroxylation is 1. The van der Waals surface area contributed by atoms with Crippen LogP contribution < -0.4 is 5.32 Å². The number of nitrogens with one attached hydrogen (secondary N) is 1. The summed E-state index contributed by atoms with van der Waals surface area (Å²) in [5, 5.41) is 2.65. The molecular formula is C17H22FN3O. The van der Waals surface area contributed by atoms with Gasteiger partial charge in [0, 0.05) is 25.5 Å². The van der Waals surface area contributed by atoms with E-state index in [4.69, 9.17) is 0 Å². The molecule has 0 unspecified atom stereocenters. The van der Waals surface area contributed by atoms with Gasteiger partial charge in [-0.2, -0.15) is 0 Å². The Labute approximate surface area is 130 Å². The van der Waals surface area contributed by atoms with E-state index in [1.165, 1.54) is 6.07 Å². The Kier molecular flexibility index (Phi) is 5.58. The van der Waals surface area contributed by atoms with Crippen molar-refractivity contribution in [1.29, 1.82) is 0 Å². The first-order valence-electron chi connectivity index (χ1n) is 7.52. The van der Waals surface area contributed by atoms with Crippen molar-refractivity contribution in [2.75, 3.05) is 11.9 Å². The van der Waals surface area contributed by atoms with Gasteiger partial charge in [0.1, 0.15) is 5.82 Å². The Morgan fingerprint density at radius 2 is 2.05 bits per heavy atom. The van der Waals surface area contributed by atoms with E-state index in [1.54, 1.807) is 23.1 Å². The fourth-order valence-corrected chi connectivity index (χ4v) is 2.21. The first-order valence-corrected chi connectivity index (χ1v) is 7.52. The second-order valence-electron chi connectivity index (χ2n) is 5.30. The molecule has 1 aromatic heterocycles. The van der Waals surface area contributed by atoms with Crippen LogP contribution in [0.15, 0.2) is 42.6 Å². The number of para-hydroxylation sites is 1. The smallest absolute Gasteiger partial charge is 0.322 e.